The average Bonchev–Trinajstić information content (AvgIpc) is 2.39. The van der Waals surface area contributed by atoms with E-state index in [4.69, 9.17) is 0 Å². The lowest BCUT2D eigenvalue weighted by atomic mass is 9.94. The van der Waals surface area contributed by atoms with Gasteiger partial charge in [-0.05, 0) is 29.7 Å². The van der Waals surface area contributed by atoms with Gasteiger partial charge in [0.1, 0.15) is 0 Å². The highest BCUT2D eigenvalue weighted by Gasteiger charge is 2.12. The molecule has 0 radical (unpaired) electrons. The largest absolute Gasteiger partial charge is 0.294 e. The third kappa shape index (κ3) is 2.51. The Morgan fingerprint density at radius 2 is 1.67 bits per heavy atom. The Morgan fingerprint density at radius 1 is 1.00 bits per heavy atom. The number of ketones is 1. The zero-order valence-electron chi connectivity index (χ0n) is 11.1. The molecule has 0 spiro atoms. The van der Waals surface area contributed by atoms with Gasteiger partial charge in [0.05, 0.1) is 0 Å². The minimum absolute atomic E-state index is 0.0383. The van der Waals surface area contributed by atoms with E-state index in [2.05, 4.69) is 19.1 Å². The molecule has 0 aliphatic carbocycles. The van der Waals surface area contributed by atoms with Gasteiger partial charge in [-0.1, -0.05) is 56.3 Å². The number of carbonyl (C=O) groups excluding carboxylic acids is 1. The second kappa shape index (κ2) is 5.18. The fraction of sp³-hybridized carbons (Fsp3) is 0.235. The molecule has 0 aliphatic heterocycles. The molecular formula is C17H18O. The molecule has 2 rings (SSSR count). The van der Waals surface area contributed by atoms with Crippen LogP contribution in [0.5, 0.6) is 0 Å². The summed E-state index contributed by atoms with van der Waals surface area (Å²) < 4.78 is 0. The highest BCUT2D eigenvalue weighted by Crippen LogP contribution is 2.25. The lowest BCUT2D eigenvalue weighted by Gasteiger charge is -2.10. The molecule has 0 N–H and O–H groups in total. The van der Waals surface area contributed by atoms with Crippen molar-refractivity contribution in [1.29, 1.82) is 0 Å². The third-order valence-corrected chi connectivity index (χ3v) is 3.13. The molecule has 0 atom stereocenters. The molecule has 1 nitrogen and oxygen atoms in total. The van der Waals surface area contributed by atoms with E-state index in [0.29, 0.717) is 0 Å². The van der Waals surface area contributed by atoms with Crippen molar-refractivity contribution >= 4 is 5.78 Å². The first-order chi connectivity index (χ1) is 8.59. The zero-order valence-corrected chi connectivity index (χ0v) is 11.1. The molecule has 0 saturated carbocycles. The van der Waals surface area contributed by atoms with Crippen LogP contribution in [-0.2, 0) is 0 Å². The molecule has 0 aliphatic rings. The van der Waals surface area contributed by atoms with Gasteiger partial charge in [-0.25, -0.2) is 0 Å². The maximum Gasteiger partial charge on any atom is 0.165 e. The van der Waals surface area contributed by atoms with Gasteiger partial charge in [0.2, 0.25) is 0 Å². The van der Waals surface area contributed by atoms with Crippen molar-refractivity contribution in [3.63, 3.8) is 0 Å². The number of Topliss-reactive ketones (excluding diaryl/α,β-unsaturated/α-hetero) is 1. The van der Waals surface area contributed by atoms with Gasteiger partial charge in [-0.3, -0.25) is 4.79 Å². The summed E-state index contributed by atoms with van der Waals surface area (Å²) >= 11 is 0. The molecule has 0 heterocycles. The highest BCUT2D eigenvalue weighted by atomic mass is 16.1. The molecule has 0 saturated heterocycles. The van der Waals surface area contributed by atoms with Gasteiger partial charge in [-0.15, -0.1) is 0 Å². The zero-order chi connectivity index (χ0) is 13.1. The maximum atomic E-state index is 12.0. The predicted octanol–water partition coefficient (Wildman–Crippen LogP) is 4.50. The van der Waals surface area contributed by atoms with Gasteiger partial charge in [0.25, 0.3) is 0 Å². The van der Waals surface area contributed by atoms with Crippen LogP contribution in [0.25, 0.3) is 11.1 Å². The summed E-state index contributed by atoms with van der Waals surface area (Å²) in [5.74, 6) is 0.239. The fourth-order valence-corrected chi connectivity index (χ4v) is 2.04. The van der Waals surface area contributed by atoms with E-state index in [1.165, 1.54) is 5.56 Å². The van der Waals surface area contributed by atoms with E-state index < -0.39 is 0 Å². The summed E-state index contributed by atoms with van der Waals surface area (Å²) in [4.78, 5) is 12.0. The first-order valence-corrected chi connectivity index (χ1v) is 6.30. The quantitative estimate of drug-likeness (QED) is 0.719. The fourth-order valence-electron chi connectivity index (χ4n) is 2.04. The predicted molar refractivity (Wildman–Crippen MR) is 75.8 cm³/mol. The number of aryl methyl sites for hydroxylation is 1. The van der Waals surface area contributed by atoms with Crippen molar-refractivity contribution in [2.24, 2.45) is 5.92 Å². The lowest BCUT2D eigenvalue weighted by molar-refractivity contribution is 0.0939. The van der Waals surface area contributed by atoms with E-state index >= 15 is 0 Å². The van der Waals surface area contributed by atoms with Crippen LogP contribution in [0, 0.1) is 12.8 Å². The van der Waals surface area contributed by atoms with Crippen LogP contribution in [0.4, 0.5) is 0 Å². The van der Waals surface area contributed by atoms with E-state index in [1.54, 1.807) is 0 Å². The first kappa shape index (κ1) is 12.6. The average molecular weight is 238 g/mol. The third-order valence-electron chi connectivity index (χ3n) is 3.13. The maximum absolute atomic E-state index is 12.0. The Bertz CT molecular complexity index is 553. The monoisotopic (exact) mass is 238 g/mol. The van der Waals surface area contributed by atoms with E-state index in [1.807, 2.05) is 50.2 Å². The number of carbonyl (C=O) groups is 1. The summed E-state index contributed by atoms with van der Waals surface area (Å²) in [6.45, 7) is 5.95. The van der Waals surface area contributed by atoms with Gasteiger partial charge in [0, 0.05) is 11.5 Å². The van der Waals surface area contributed by atoms with Crippen molar-refractivity contribution in [2.75, 3.05) is 0 Å². The van der Waals surface area contributed by atoms with Crippen molar-refractivity contribution in [2.45, 2.75) is 20.8 Å². The molecule has 0 fully saturated rings. The van der Waals surface area contributed by atoms with Crippen LogP contribution >= 0.6 is 0 Å². The molecule has 0 unspecified atom stereocenters. The summed E-state index contributed by atoms with van der Waals surface area (Å²) in [5.41, 5.74) is 4.30. The number of rotatable bonds is 3. The van der Waals surface area contributed by atoms with Crippen LogP contribution in [0.3, 0.4) is 0 Å². The van der Waals surface area contributed by atoms with Gasteiger partial charge in [-0.2, -0.15) is 0 Å². The van der Waals surface area contributed by atoms with Crippen LogP contribution in [0.15, 0.2) is 48.5 Å². The standard InChI is InChI=1S/C17H18O/c1-12(2)17(18)15-10-9-13(3)16(11-15)14-7-5-4-6-8-14/h4-12H,1-3H3. The Balaban J connectivity index is 2.49. The Hall–Kier alpha value is -1.89. The number of hydrogen-bond acceptors (Lipinski definition) is 1. The molecule has 2 aromatic rings. The Morgan fingerprint density at radius 3 is 2.28 bits per heavy atom. The van der Waals surface area contributed by atoms with Crippen molar-refractivity contribution in [1.82, 2.24) is 0 Å². The molecule has 92 valence electrons. The van der Waals surface area contributed by atoms with E-state index in [-0.39, 0.29) is 11.7 Å². The SMILES string of the molecule is Cc1ccc(C(=O)C(C)C)cc1-c1ccccc1. The van der Waals surface area contributed by atoms with Gasteiger partial charge < -0.3 is 0 Å². The summed E-state index contributed by atoms with van der Waals surface area (Å²) in [5, 5.41) is 0. The van der Waals surface area contributed by atoms with E-state index in [0.717, 1.165) is 16.7 Å². The van der Waals surface area contributed by atoms with Crippen LogP contribution in [0.2, 0.25) is 0 Å². The van der Waals surface area contributed by atoms with Crippen molar-refractivity contribution in [3.05, 3.63) is 59.7 Å². The molecule has 1 heteroatoms. The summed E-state index contributed by atoms with van der Waals surface area (Å²) in [7, 11) is 0. The highest BCUT2D eigenvalue weighted by molar-refractivity contribution is 5.98. The topological polar surface area (TPSA) is 17.1 Å². The molecule has 0 amide bonds. The number of hydrogen-bond donors (Lipinski definition) is 0. The molecule has 18 heavy (non-hydrogen) atoms. The summed E-state index contributed by atoms with van der Waals surface area (Å²) in [6, 6.07) is 16.1. The Kier molecular flexibility index (Phi) is 3.61. The lowest BCUT2D eigenvalue weighted by Crippen LogP contribution is -2.07. The minimum Gasteiger partial charge on any atom is -0.294 e. The minimum atomic E-state index is 0.0383. The molecule has 0 aromatic heterocycles. The Labute approximate surface area is 108 Å². The molecule has 0 bridgehead atoms. The van der Waals surface area contributed by atoms with Crippen LogP contribution < -0.4 is 0 Å². The van der Waals surface area contributed by atoms with Gasteiger partial charge >= 0.3 is 0 Å². The van der Waals surface area contributed by atoms with Gasteiger partial charge in [0.15, 0.2) is 5.78 Å². The van der Waals surface area contributed by atoms with Crippen LogP contribution in [-0.4, -0.2) is 5.78 Å². The second-order valence-corrected chi connectivity index (χ2v) is 4.91. The molecule has 2 aromatic carbocycles. The van der Waals surface area contributed by atoms with Crippen LogP contribution in [0.1, 0.15) is 29.8 Å². The smallest absolute Gasteiger partial charge is 0.165 e. The summed E-state index contributed by atoms with van der Waals surface area (Å²) in [6.07, 6.45) is 0. The normalized spacial score (nSPS) is 10.7. The number of benzene rings is 2. The second-order valence-electron chi connectivity index (χ2n) is 4.91. The first-order valence-electron chi connectivity index (χ1n) is 6.30. The van der Waals surface area contributed by atoms with Crippen molar-refractivity contribution < 1.29 is 4.79 Å². The van der Waals surface area contributed by atoms with Crippen molar-refractivity contribution in [3.8, 4) is 11.1 Å². The molecular weight excluding hydrogens is 220 g/mol. The van der Waals surface area contributed by atoms with E-state index in [9.17, 15) is 4.79 Å².